The Hall–Kier alpha value is -5.06. The molecule has 6 rings (SSSR count). The lowest BCUT2D eigenvalue weighted by atomic mass is 10.1. The maximum absolute atomic E-state index is 14.0. The third-order valence-corrected chi connectivity index (χ3v) is 7.43. The molecule has 0 radical (unpaired) electrons. The number of amidine groups is 1. The monoisotopic (exact) mass is 601 g/mol. The van der Waals surface area contributed by atoms with Crippen molar-refractivity contribution in [3.63, 3.8) is 0 Å². The summed E-state index contributed by atoms with van der Waals surface area (Å²) in [4.78, 5) is 29.8. The van der Waals surface area contributed by atoms with Gasteiger partial charge in [-0.15, -0.1) is 0 Å². The molecular formula is C33H27F4N5O2. The van der Waals surface area contributed by atoms with Gasteiger partial charge in [-0.3, -0.25) is 19.3 Å². The van der Waals surface area contributed by atoms with Crippen LogP contribution in [0.25, 0.3) is 16.6 Å². The van der Waals surface area contributed by atoms with E-state index in [0.717, 1.165) is 17.7 Å². The first-order chi connectivity index (χ1) is 21.2. The van der Waals surface area contributed by atoms with Crippen molar-refractivity contribution in [3.05, 3.63) is 130 Å². The maximum atomic E-state index is 14.0. The van der Waals surface area contributed by atoms with Gasteiger partial charge in [0.15, 0.2) is 0 Å². The van der Waals surface area contributed by atoms with E-state index in [1.54, 1.807) is 71.6 Å². The number of hydrogen-bond donors (Lipinski definition) is 0. The van der Waals surface area contributed by atoms with Crippen molar-refractivity contribution in [2.75, 3.05) is 13.2 Å². The second-order valence-corrected chi connectivity index (χ2v) is 10.3. The number of aromatic nitrogens is 3. The van der Waals surface area contributed by atoms with Gasteiger partial charge in [0, 0.05) is 25.4 Å². The van der Waals surface area contributed by atoms with Gasteiger partial charge in [-0.25, -0.2) is 9.37 Å². The minimum absolute atomic E-state index is 0.0149. The molecule has 11 heteroatoms. The second-order valence-electron chi connectivity index (χ2n) is 10.3. The normalized spacial score (nSPS) is 15.1. The van der Waals surface area contributed by atoms with E-state index in [1.165, 1.54) is 6.07 Å². The molecule has 7 nitrogen and oxygen atoms in total. The summed E-state index contributed by atoms with van der Waals surface area (Å²) in [6.45, 7) is 2.88. The molecule has 1 aliphatic rings. The number of hydrogen-bond acceptors (Lipinski definition) is 6. The van der Waals surface area contributed by atoms with Crippen molar-refractivity contribution < 1.29 is 22.3 Å². The fourth-order valence-electron chi connectivity index (χ4n) is 5.39. The third kappa shape index (κ3) is 5.77. The van der Waals surface area contributed by atoms with E-state index in [2.05, 4.69) is 4.98 Å². The Morgan fingerprint density at radius 1 is 0.977 bits per heavy atom. The number of pyridine rings is 1. The molecule has 0 saturated heterocycles. The number of alkyl halides is 3. The molecule has 3 aromatic carbocycles. The van der Waals surface area contributed by atoms with Gasteiger partial charge in [-0.2, -0.15) is 13.2 Å². The average Bonchev–Trinajstić information content (AvgIpc) is 3.40. The van der Waals surface area contributed by atoms with Crippen molar-refractivity contribution >= 4 is 16.7 Å². The first-order valence-corrected chi connectivity index (χ1v) is 14.0. The summed E-state index contributed by atoms with van der Waals surface area (Å²) in [5.41, 5.74) is 0.581. The first kappa shape index (κ1) is 29.0. The summed E-state index contributed by atoms with van der Waals surface area (Å²) in [6.07, 6.45) is -1.48. The Morgan fingerprint density at radius 2 is 1.77 bits per heavy atom. The number of nitrogens with zero attached hydrogens (tertiary/aromatic N) is 5. The molecule has 44 heavy (non-hydrogen) atoms. The van der Waals surface area contributed by atoms with Crippen LogP contribution in [-0.2, 0) is 19.1 Å². The highest BCUT2D eigenvalue weighted by atomic mass is 19.4. The van der Waals surface area contributed by atoms with Crippen molar-refractivity contribution in [1.82, 2.24) is 19.4 Å². The average molecular weight is 602 g/mol. The van der Waals surface area contributed by atoms with E-state index >= 15 is 0 Å². The van der Waals surface area contributed by atoms with Crippen LogP contribution in [0, 0.1) is 5.82 Å². The first-order valence-electron chi connectivity index (χ1n) is 14.0. The smallest absolute Gasteiger partial charge is 0.419 e. The fourth-order valence-corrected chi connectivity index (χ4v) is 5.39. The predicted molar refractivity (Wildman–Crippen MR) is 158 cm³/mol. The van der Waals surface area contributed by atoms with Crippen LogP contribution in [0.1, 0.15) is 35.5 Å². The lowest BCUT2D eigenvalue weighted by molar-refractivity contribution is -0.140. The maximum Gasteiger partial charge on any atom is 0.419 e. The van der Waals surface area contributed by atoms with Gasteiger partial charge in [-0.05, 0) is 72.6 Å². The molecule has 0 N–H and O–H groups in total. The number of fused-ring (bicyclic) bond motifs is 1. The Kier molecular flexibility index (Phi) is 7.86. The molecule has 0 bridgehead atoms. The summed E-state index contributed by atoms with van der Waals surface area (Å²) in [7, 11) is 0. The Morgan fingerprint density at radius 3 is 2.50 bits per heavy atom. The summed E-state index contributed by atoms with van der Waals surface area (Å²) in [6, 6.07) is 20.3. The summed E-state index contributed by atoms with van der Waals surface area (Å²) < 4.78 is 61.7. The number of ether oxygens (including phenoxy) is 1. The number of halogens is 4. The summed E-state index contributed by atoms with van der Waals surface area (Å²) in [5.74, 6) is 0.232. The third-order valence-electron chi connectivity index (χ3n) is 7.43. The van der Waals surface area contributed by atoms with E-state index in [4.69, 9.17) is 14.7 Å². The molecule has 2 aromatic heterocycles. The molecule has 0 fully saturated rings. The SMILES string of the molecule is CCOc1ccc(-n2c(C3CN=C(Cc4ccc(F)c(C(F)(F)F)c4)N3Cc3cccnc3)nc3ccccc3c2=O)cc1. The predicted octanol–water partition coefficient (Wildman–Crippen LogP) is 6.54. The topological polar surface area (TPSA) is 72.6 Å². The standard InChI is InChI=1S/C33H27F4N5O2/c1-2-44-24-12-10-23(11-13-24)42-31(40-28-8-4-3-7-25(28)32(42)43)29-19-39-30(41(29)20-22-6-5-15-38-18-22)17-21-9-14-27(34)26(16-21)33(35,36)37/h3-16,18,29H,2,17,19-20H2,1H3. The van der Waals surface area contributed by atoms with Crippen molar-refractivity contribution in [1.29, 1.82) is 0 Å². The molecule has 224 valence electrons. The lowest BCUT2D eigenvalue weighted by Gasteiger charge is -2.29. The molecule has 1 aliphatic heterocycles. The van der Waals surface area contributed by atoms with Crippen molar-refractivity contribution in [2.24, 2.45) is 4.99 Å². The number of rotatable bonds is 8. The number of aliphatic imine (C=N–C) groups is 1. The zero-order chi connectivity index (χ0) is 30.8. The second kappa shape index (κ2) is 11.9. The molecule has 0 saturated carbocycles. The lowest BCUT2D eigenvalue weighted by Crippen LogP contribution is -2.36. The molecule has 3 heterocycles. The van der Waals surface area contributed by atoms with Gasteiger partial charge in [0.05, 0.1) is 35.3 Å². The zero-order valence-electron chi connectivity index (χ0n) is 23.6. The zero-order valence-corrected chi connectivity index (χ0v) is 23.6. The molecule has 0 spiro atoms. The summed E-state index contributed by atoms with van der Waals surface area (Å²) >= 11 is 0. The Labute approximate surface area is 250 Å². The molecule has 0 aliphatic carbocycles. The summed E-state index contributed by atoms with van der Waals surface area (Å²) in [5, 5.41) is 0.439. The van der Waals surface area contributed by atoms with Gasteiger partial charge in [0.1, 0.15) is 29.3 Å². The van der Waals surface area contributed by atoms with Crippen LogP contribution < -0.4 is 10.3 Å². The van der Waals surface area contributed by atoms with Gasteiger partial charge >= 0.3 is 6.18 Å². The molecule has 0 amide bonds. The van der Waals surface area contributed by atoms with Crippen LogP contribution in [0.15, 0.2) is 101 Å². The highest BCUT2D eigenvalue weighted by Crippen LogP contribution is 2.34. The highest BCUT2D eigenvalue weighted by Gasteiger charge is 2.36. The van der Waals surface area contributed by atoms with Gasteiger partial charge in [0.2, 0.25) is 0 Å². The number of para-hydroxylation sites is 1. The van der Waals surface area contributed by atoms with E-state index in [-0.39, 0.29) is 24.1 Å². The highest BCUT2D eigenvalue weighted by molar-refractivity contribution is 5.87. The largest absolute Gasteiger partial charge is 0.494 e. The fraction of sp³-hybridized carbons (Fsp3) is 0.212. The van der Waals surface area contributed by atoms with Crippen LogP contribution in [0.5, 0.6) is 5.75 Å². The molecule has 1 atom stereocenters. The van der Waals surface area contributed by atoms with E-state index in [1.807, 2.05) is 17.9 Å². The van der Waals surface area contributed by atoms with Crippen LogP contribution >= 0.6 is 0 Å². The molecule has 1 unspecified atom stereocenters. The van der Waals surface area contributed by atoms with Gasteiger partial charge < -0.3 is 9.64 Å². The van der Waals surface area contributed by atoms with Crippen molar-refractivity contribution in [3.8, 4) is 11.4 Å². The van der Waals surface area contributed by atoms with Crippen molar-refractivity contribution in [2.45, 2.75) is 32.1 Å². The Bertz CT molecular complexity index is 1890. The van der Waals surface area contributed by atoms with Crippen LogP contribution in [0.3, 0.4) is 0 Å². The molecular weight excluding hydrogens is 574 g/mol. The molecule has 5 aromatic rings. The van der Waals surface area contributed by atoms with Crippen LogP contribution in [0.4, 0.5) is 17.6 Å². The minimum Gasteiger partial charge on any atom is -0.494 e. The van der Waals surface area contributed by atoms with Gasteiger partial charge in [-0.1, -0.05) is 24.3 Å². The van der Waals surface area contributed by atoms with Gasteiger partial charge in [0.25, 0.3) is 5.56 Å². The number of benzene rings is 3. The minimum atomic E-state index is -4.84. The van der Waals surface area contributed by atoms with Crippen LogP contribution in [-0.4, -0.2) is 38.4 Å². The Balaban J connectivity index is 1.46. The van der Waals surface area contributed by atoms with E-state index in [9.17, 15) is 22.4 Å². The van der Waals surface area contributed by atoms with E-state index < -0.39 is 23.6 Å². The quantitative estimate of drug-likeness (QED) is 0.189. The van der Waals surface area contributed by atoms with Crippen LogP contribution in [0.2, 0.25) is 0 Å². The van der Waals surface area contributed by atoms with E-state index in [0.29, 0.717) is 47.2 Å².